The van der Waals surface area contributed by atoms with Crippen molar-refractivity contribution in [2.75, 3.05) is 18.7 Å². The molecule has 0 saturated heterocycles. The smallest absolute Gasteiger partial charge is 0.255 e. The zero-order valence-corrected chi connectivity index (χ0v) is 14.2. The standard InChI is InChI=1S/C18H21NO2S/c1-12-8-9-15(11-17(12)21-3)18(20)19-16-7-5-6-14(10-16)13(2)22-4/h5-11,13H,1-4H3,(H,19,20). The molecule has 1 atom stereocenters. The molecule has 0 aliphatic rings. The maximum Gasteiger partial charge on any atom is 0.255 e. The lowest BCUT2D eigenvalue weighted by molar-refractivity contribution is 0.102. The minimum absolute atomic E-state index is 0.132. The van der Waals surface area contributed by atoms with Gasteiger partial charge in [0.2, 0.25) is 0 Å². The van der Waals surface area contributed by atoms with Crippen molar-refractivity contribution in [2.24, 2.45) is 0 Å². The van der Waals surface area contributed by atoms with E-state index < -0.39 is 0 Å². The lowest BCUT2D eigenvalue weighted by atomic mass is 10.1. The summed E-state index contributed by atoms with van der Waals surface area (Å²) in [7, 11) is 1.61. The van der Waals surface area contributed by atoms with Gasteiger partial charge in [0.15, 0.2) is 0 Å². The zero-order valence-electron chi connectivity index (χ0n) is 13.3. The number of methoxy groups -OCH3 is 1. The van der Waals surface area contributed by atoms with E-state index in [1.54, 1.807) is 24.9 Å². The summed E-state index contributed by atoms with van der Waals surface area (Å²) in [5.41, 5.74) is 3.61. The van der Waals surface area contributed by atoms with Crippen LogP contribution in [0, 0.1) is 6.92 Å². The van der Waals surface area contributed by atoms with Gasteiger partial charge in [-0.3, -0.25) is 4.79 Å². The fraction of sp³-hybridized carbons (Fsp3) is 0.278. The fourth-order valence-electron chi connectivity index (χ4n) is 2.17. The second-order valence-electron chi connectivity index (χ2n) is 5.14. The van der Waals surface area contributed by atoms with Gasteiger partial charge in [-0.05, 0) is 55.5 Å². The van der Waals surface area contributed by atoms with Crippen LogP contribution in [0.15, 0.2) is 42.5 Å². The predicted octanol–water partition coefficient (Wildman–Crippen LogP) is 4.68. The molecule has 0 aliphatic carbocycles. The second-order valence-corrected chi connectivity index (χ2v) is 6.32. The van der Waals surface area contributed by atoms with Gasteiger partial charge in [-0.2, -0.15) is 11.8 Å². The molecule has 2 aromatic carbocycles. The molecule has 0 radical (unpaired) electrons. The summed E-state index contributed by atoms with van der Waals surface area (Å²) in [6, 6.07) is 13.4. The number of amides is 1. The van der Waals surface area contributed by atoms with Crippen LogP contribution in [0.3, 0.4) is 0 Å². The normalized spacial score (nSPS) is 11.8. The van der Waals surface area contributed by atoms with Crippen LogP contribution in [0.4, 0.5) is 5.69 Å². The molecule has 0 bridgehead atoms. The third-order valence-corrected chi connectivity index (χ3v) is 4.62. The van der Waals surface area contributed by atoms with Crippen molar-refractivity contribution in [3.05, 3.63) is 59.2 Å². The summed E-state index contributed by atoms with van der Waals surface area (Å²) >= 11 is 1.78. The minimum atomic E-state index is -0.132. The van der Waals surface area contributed by atoms with E-state index in [0.717, 1.165) is 17.0 Å². The van der Waals surface area contributed by atoms with Crippen molar-refractivity contribution in [2.45, 2.75) is 19.1 Å². The Hall–Kier alpha value is -1.94. The fourth-order valence-corrected chi connectivity index (χ4v) is 2.59. The van der Waals surface area contributed by atoms with E-state index in [-0.39, 0.29) is 5.91 Å². The van der Waals surface area contributed by atoms with Gasteiger partial charge in [-0.1, -0.05) is 18.2 Å². The van der Waals surface area contributed by atoms with Gasteiger partial charge in [0.25, 0.3) is 5.91 Å². The topological polar surface area (TPSA) is 38.3 Å². The molecule has 0 aromatic heterocycles. The van der Waals surface area contributed by atoms with Gasteiger partial charge in [0.05, 0.1) is 7.11 Å². The summed E-state index contributed by atoms with van der Waals surface area (Å²) in [5, 5.41) is 3.34. The van der Waals surface area contributed by atoms with Gasteiger partial charge in [-0.15, -0.1) is 0 Å². The van der Waals surface area contributed by atoms with Crippen molar-refractivity contribution >= 4 is 23.4 Å². The number of carbonyl (C=O) groups is 1. The van der Waals surface area contributed by atoms with E-state index in [1.807, 2.05) is 37.3 Å². The van der Waals surface area contributed by atoms with Crippen LogP contribution in [0.25, 0.3) is 0 Å². The van der Waals surface area contributed by atoms with E-state index >= 15 is 0 Å². The van der Waals surface area contributed by atoms with Crippen molar-refractivity contribution in [3.8, 4) is 5.75 Å². The highest BCUT2D eigenvalue weighted by atomic mass is 32.2. The SMILES string of the molecule is COc1cc(C(=O)Nc2cccc(C(C)SC)c2)ccc1C. The number of aryl methyl sites for hydroxylation is 1. The Kier molecular flexibility index (Phi) is 5.50. The Labute approximate surface area is 136 Å². The number of nitrogens with one attached hydrogen (secondary N) is 1. The van der Waals surface area contributed by atoms with E-state index in [1.165, 1.54) is 5.56 Å². The highest BCUT2D eigenvalue weighted by Crippen LogP contribution is 2.27. The Morgan fingerprint density at radius 3 is 2.68 bits per heavy atom. The first-order valence-electron chi connectivity index (χ1n) is 7.14. The van der Waals surface area contributed by atoms with Gasteiger partial charge in [-0.25, -0.2) is 0 Å². The summed E-state index contributed by atoms with van der Waals surface area (Å²) < 4.78 is 5.27. The molecule has 0 heterocycles. The number of rotatable bonds is 5. The minimum Gasteiger partial charge on any atom is -0.496 e. The Balaban J connectivity index is 2.18. The molecule has 0 aliphatic heterocycles. The van der Waals surface area contributed by atoms with Gasteiger partial charge >= 0.3 is 0 Å². The number of hydrogen-bond acceptors (Lipinski definition) is 3. The molecular formula is C18H21NO2S. The summed E-state index contributed by atoms with van der Waals surface area (Å²) in [6.45, 7) is 4.10. The van der Waals surface area contributed by atoms with Crippen LogP contribution < -0.4 is 10.1 Å². The largest absolute Gasteiger partial charge is 0.496 e. The van der Waals surface area contributed by atoms with E-state index in [9.17, 15) is 4.79 Å². The van der Waals surface area contributed by atoms with Gasteiger partial charge in [0.1, 0.15) is 5.75 Å². The number of anilines is 1. The van der Waals surface area contributed by atoms with E-state index in [0.29, 0.717) is 10.8 Å². The molecule has 3 nitrogen and oxygen atoms in total. The second kappa shape index (κ2) is 7.36. The maximum absolute atomic E-state index is 12.4. The highest BCUT2D eigenvalue weighted by Gasteiger charge is 2.10. The summed E-state index contributed by atoms with van der Waals surface area (Å²) in [5.74, 6) is 0.588. The molecule has 4 heteroatoms. The molecule has 0 fully saturated rings. The average Bonchev–Trinajstić information content (AvgIpc) is 2.54. The quantitative estimate of drug-likeness (QED) is 0.870. The molecule has 116 valence electrons. The average molecular weight is 315 g/mol. The van der Waals surface area contributed by atoms with Crippen LogP contribution >= 0.6 is 11.8 Å². The number of hydrogen-bond donors (Lipinski definition) is 1. The molecule has 22 heavy (non-hydrogen) atoms. The summed E-state index contributed by atoms with van der Waals surface area (Å²) in [4.78, 5) is 12.4. The first-order chi connectivity index (χ1) is 10.5. The van der Waals surface area contributed by atoms with Crippen molar-refractivity contribution < 1.29 is 9.53 Å². The molecule has 2 aromatic rings. The molecule has 1 unspecified atom stereocenters. The van der Waals surface area contributed by atoms with Crippen LogP contribution in [-0.4, -0.2) is 19.3 Å². The Morgan fingerprint density at radius 1 is 1.23 bits per heavy atom. The number of carbonyl (C=O) groups excluding carboxylic acids is 1. The van der Waals surface area contributed by atoms with Crippen LogP contribution in [0.5, 0.6) is 5.75 Å². The summed E-state index contributed by atoms with van der Waals surface area (Å²) in [6.07, 6.45) is 2.08. The molecule has 1 N–H and O–H groups in total. The Bertz CT molecular complexity index is 670. The predicted molar refractivity (Wildman–Crippen MR) is 94.1 cm³/mol. The molecule has 2 rings (SSSR count). The molecule has 1 amide bonds. The number of benzene rings is 2. The van der Waals surface area contributed by atoms with E-state index in [4.69, 9.17) is 4.74 Å². The third kappa shape index (κ3) is 3.83. The number of thioether (sulfide) groups is 1. The lowest BCUT2D eigenvalue weighted by Crippen LogP contribution is -2.12. The molecule has 0 saturated carbocycles. The van der Waals surface area contributed by atoms with Crippen LogP contribution in [-0.2, 0) is 0 Å². The first-order valence-corrected chi connectivity index (χ1v) is 8.42. The lowest BCUT2D eigenvalue weighted by Gasteiger charge is -2.12. The van der Waals surface area contributed by atoms with Gasteiger partial charge < -0.3 is 10.1 Å². The van der Waals surface area contributed by atoms with Crippen molar-refractivity contribution in [1.29, 1.82) is 0 Å². The molecular weight excluding hydrogens is 294 g/mol. The van der Waals surface area contributed by atoms with Gasteiger partial charge in [0, 0.05) is 16.5 Å². The van der Waals surface area contributed by atoms with Crippen molar-refractivity contribution in [1.82, 2.24) is 0 Å². The van der Waals surface area contributed by atoms with E-state index in [2.05, 4.69) is 24.6 Å². The van der Waals surface area contributed by atoms with Crippen LogP contribution in [0.1, 0.15) is 33.7 Å². The van der Waals surface area contributed by atoms with Crippen molar-refractivity contribution in [3.63, 3.8) is 0 Å². The maximum atomic E-state index is 12.4. The monoisotopic (exact) mass is 315 g/mol. The third-order valence-electron chi connectivity index (χ3n) is 3.64. The molecule has 0 spiro atoms. The Morgan fingerprint density at radius 2 is 2.00 bits per heavy atom. The zero-order chi connectivity index (χ0) is 16.1. The first kappa shape index (κ1) is 16.4. The highest BCUT2D eigenvalue weighted by molar-refractivity contribution is 7.98. The number of ether oxygens (including phenoxy) is 1. The van der Waals surface area contributed by atoms with Crippen LogP contribution in [0.2, 0.25) is 0 Å².